The molecule has 1 fully saturated rings. The van der Waals surface area contributed by atoms with Gasteiger partial charge < -0.3 is 15.1 Å². The molecule has 0 amide bonds. The first-order valence-corrected chi connectivity index (χ1v) is 6.26. The second kappa shape index (κ2) is 6.08. The van der Waals surface area contributed by atoms with Crippen LogP contribution < -0.4 is 0 Å². The van der Waals surface area contributed by atoms with Gasteiger partial charge in [-0.05, 0) is 37.8 Å². The van der Waals surface area contributed by atoms with Gasteiger partial charge in [0.15, 0.2) is 5.82 Å². The van der Waals surface area contributed by atoms with E-state index in [1.165, 1.54) is 6.07 Å². The molecule has 0 bridgehead atoms. The number of hydrogen-bond donors (Lipinski definition) is 2. The minimum atomic E-state index is -0.723. The number of nitrogens with zero attached hydrogens (tertiary/aromatic N) is 2. The summed E-state index contributed by atoms with van der Waals surface area (Å²) in [6.45, 7) is 1.13. The highest BCUT2D eigenvalue weighted by atomic mass is 19.1. The van der Waals surface area contributed by atoms with E-state index in [1.807, 2.05) is 0 Å². The molecule has 104 valence electrons. The molecule has 0 saturated carbocycles. The van der Waals surface area contributed by atoms with Crippen molar-refractivity contribution in [3.05, 3.63) is 29.3 Å². The Hall–Kier alpha value is -1.53. The van der Waals surface area contributed by atoms with Gasteiger partial charge in [0.25, 0.3) is 0 Å². The van der Waals surface area contributed by atoms with Gasteiger partial charge in [0.05, 0.1) is 11.8 Å². The first-order valence-electron chi connectivity index (χ1n) is 6.26. The molecule has 2 rings (SSSR count). The van der Waals surface area contributed by atoms with Crippen molar-refractivity contribution >= 4 is 6.21 Å². The normalized spacial score (nSPS) is 18.8. The van der Waals surface area contributed by atoms with Crippen molar-refractivity contribution in [2.45, 2.75) is 31.3 Å². The lowest BCUT2D eigenvalue weighted by Gasteiger charge is -2.31. The first-order chi connectivity index (χ1) is 9.13. The predicted molar refractivity (Wildman–Crippen MR) is 66.9 cm³/mol. The van der Waals surface area contributed by atoms with Crippen molar-refractivity contribution in [1.29, 1.82) is 0 Å². The van der Waals surface area contributed by atoms with Crippen LogP contribution in [0.5, 0.6) is 0 Å². The summed E-state index contributed by atoms with van der Waals surface area (Å²) in [4.78, 5) is 4.05. The molecule has 0 unspecified atom stereocenters. The Labute approximate surface area is 110 Å². The third-order valence-corrected chi connectivity index (χ3v) is 3.38. The minimum absolute atomic E-state index is 0.000956. The predicted octanol–water partition coefficient (Wildman–Crippen LogP) is 1.50. The highest BCUT2D eigenvalue weighted by molar-refractivity contribution is 5.76. The molecule has 2 heterocycles. The van der Waals surface area contributed by atoms with Crippen LogP contribution in [0.2, 0.25) is 0 Å². The van der Waals surface area contributed by atoms with E-state index >= 15 is 0 Å². The van der Waals surface area contributed by atoms with Crippen molar-refractivity contribution in [3.8, 4) is 0 Å². The molecule has 1 aliphatic rings. The number of ether oxygens (including phenoxy) is 1. The Bertz CT molecular complexity index is 459. The molecule has 1 aliphatic heterocycles. The first kappa shape index (κ1) is 13.9. The SMILES string of the molecule is O/N=C/c1nc(CCC2(O)CCOCC2)ccc1F. The minimum Gasteiger partial charge on any atom is -0.411 e. The smallest absolute Gasteiger partial charge is 0.150 e. The fraction of sp³-hybridized carbons (Fsp3) is 0.538. The molecule has 1 saturated heterocycles. The van der Waals surface area contributed by atoms with Gasteiger partial charge in [0.1, 0.15) is 5.69 Å². The second-order valence-corrected chi connectivity index (χ2v) is 4.75. The van der Waals surface area contributed by atoms with Crippen LogP contribution in [0.4, 0.5) is 4.39 Å². The molecule has 0 radical (unpaired) electrons. The maximum absolute atomic E-state index is 13.3. The lowest BCUT2D eigenvalue weighted by Crippen LogP contribution is -2.36. The van der Waals surface area contributed by atoms with Crippen LogP contribution in [-0.4, -0.2) is 40.3 Å². The average Bonchev–Trinajstić information content (AvgIpc) is 2.41. The average molecular weight is 268 g/mol. The molecule has 5 nitrogen and oxygen atoms in total. The van der Waals surface area contributed by atoms with Crippen LogP contribution in [0.25, 0.3) is 0 Å². The van der Waals surface area contributed by atoms with E-state index in [1.54, 1.807) is 6.07 Å². The van der Waals surface area contributed by atoms with Gasteiger partial charge in [-0.15, -0.1) is 0 Å². The summed E-state index contributed by atoms with van der Waals surface area (Å²) in [6.07, 6.45) is 3.29. The summed E-state index contributed by atoms with van der Waals surface area (Å²) in [7, 11) is 0. The van der Waals surface area contributed by atoms with Gasteiger partial charge in [0.2, 0.25) is 0 Å². The fourth-order valence-corrected chi connectivity index (χ4v) is 2.15. The van der Waals surface area contributed by atoms with E-state index < -0.39 is 11.4 Å². The lowest BCUT2D eigenvalue weighted by molar-refractivity contribution is -0.0677. The Morgan fingerprint density at radius 2 is 2.16 bits per heavy atom. The highest BCUT2D eigenvalue weighted by Gasteiger charge is 2.29. The summed E-state index contributed by atoms with van der Waals surface area (Å²) in [5.41, 5.74) is -0.0605. The molecule has 0 aromatic carbocycles. The zero-order chi connectivity index (χ0) is 13.7. The van der Waals surface area contributed by atoms with Crippen LogP contribution >= 0.6 is 0 Å². The second-order valence-electron chi connectivity index (χ2n) is 4.75. The number of hydrogen-bond acceptors (Lipinski definition) is 5. The van der Waals surface area contributed by atoms with Crippen LogP contribution in [0.15, 0.2) is 17.3 Å². The zero-order valence-corrected chi connectivity index (χ0v) is 10.5. The topological polar surface area (TPSA) is 74.9 Å². The number of oxime groups is 1. The lowest BCUT2D eigenvalue weighted by atomic mass is 9.89. The third-order valence-electron chi connectivity index (χ3n) is 3.38. The Morgan fingerprint density at radius 1 is 1.42 bits per heavy atom. The van der Waals surface area contributed by atoms with Crippen molar-refractivity contribution in [2.24, 2.45) is 5.16 Å². The quantitative estimate of drug-likeness (QED) is 0.493. The van der Waals surface area contributed by atoms with Gasteiger partial charge in [-0.25, -0.2) is 9.37 Å². The molecular formula is C13H17FN2O3. The monoisotopic (exact) mass is 268 g/mol. The molecule has 1 aromatic rings. The summed E-state index contributed by atoms with van der Waals surface area (Å²) >= 11 is 0. The third kappa shape index (κ3) is 3.71. The van der Waals surface area contributed by atoms with Crippen LogP contribution in [0.3, 0.4) is 0 Å². The standard InChI is InChI=1S/C13H17FN2O3/c14-11-2-1-10(16-12(11)9-15-18)3-4-13(17)5-7-19-8-6-13/h1-2,9,17-18H,3-8H2/b15-9+. The Balaban J connectivity index is 2.01. The number of halogens is 1. The van der Waals surface area contributed by atoms with Crippen molar-refractivity contribution < 1.29 is 19.4 Å². The number of pyridine rings is 1. The number of aryl methyl sites for hydroxylation is 1. The van der Waals surface area contributed by atoms with E-state index in [-0.39, 0.29) is 5.69 Å². The van der Waals surface area contributed by atoms with Gasteiger partial charge in [-0.3, -0.25) is 0 Å². The zero-order valence-electron chi connectivity index (χ0n) is 10.5. The van der Waals surface area contributed by atoms with E-state index in [4.69, 9.17) is 9.94 Å². The molecule has 0 aliphatic carbocycles. The molecule has 1 aromatic heterocycles. The number of aromatic nitrogens is 1. The van der Waals surface area contributed by atoms with Gasteiger partial charge in [-0.1, -0.05) is 5.16 Å². The van der Waals surface area contributed by atoms with Crippen LogP contribution in [0, 0.1) is 5.82 Å². The van der Waals surface area contributed by atoms with Crippen LogP contribution in [0.1, 0.15) is 30.7 Å². The molecule has 2 N–H and O–H groups in total. The van der Waals surface area contributed by atoms with Gasteiger partial charge in [0, 0.05) is 18.9 Å². The number of aliphatic hydroxyl groups is 1. The summed E-state index contributed by atoms with van der Waals surface area (Å²) in [5, 5.41) is 21.5. The van der Waals surface area contributed by atoms with Gasteiger partial charge >= 0.3 is 0 Å². The molecule has 0 atom stereocenters. The molecular weight excluding hydrogens is 251 g/mol. The Kier molecular flexibility index (Phi) is 4.44. The van der Waals surface area contributed by atoms with E-state index in [9.17, 15) is 9.50 Å². The summed E-state index contributed by atoms with van der Waals surface area (Å²) < 4.78 is 18.5. The number of rotatable bonds is 4. The van der Waals surface area contributed by atoms with E-state index in [0.29, 0.717) is 44.6 Å². The van der Waals surface area contributed by atoms with Crippen LogP contribution in [-0.2, 0) is 11.2 Å². The molecule has 6 heteroatoms. The Morgan fingerprint density at radius 3 is 2.84 bits per heavy atom. The largest absolute Gasteiger partial charge is 0.411 e. The highest BCUT2D eigenvalue weighted by Crippen LogP contribution is 2.25. The van der Waals surface area contributed by atoms with E-state index in [0.717, 1.165) is 6.21 Å². The van der Waals surface area contributed by atoms with Gasteiger partial charge in [-0.2, -0.15) is 0 Å². The fourth-order valence-electron chi connectivity index (χ4n) is 2.15. The summed E-state index contributed by atoms with van der Waals surface area (Å²) in [5.74, 6) is -0.536. The van der Waals surface area contributed by atoms with Crippen molar-refractivity contribution in [3.63, 3.8) is 0 Å². The summed E-state index contributed by atoms with van der Waals surface area (Å²) in [6, 6.07) is 2.86. The van der Waals surface area contributed by atoms with Crippen molar-refractivity contribution in [1.82, 2.24) is 4.98 Å². The van der Waals surface area contributed by atoms with Crippen molar-refractivity contribution in [2.75, 3.05) is 13.2 Å². The maximum atomic E-state index is 13.3. The molecule has 0 spiro atoms. The molecule has 19 heavy (non-hydrogen) atoms. The maximum Gasteiger partial charge on any atom is 0.150 e. The van der Waals surface area contributed by atoms with E-state index in [2.05, 4.69) is 10.1 Å².